The third-order valence-electron chi connectivity index (χ3n) is 4.73. The van der Waals surface area contributed by atoms with Crippen LogP contribution in [0.25, 0.3) is 10.9 Å². The van der Waals surface area contributed by atoms with Crippen molar-refractivity contribution < 1.29 is 4.79 Å². The van der Waals surface area contributed by atoms with Crippen molar-refractivity contribution in [2.45, 2.75) is 13.3 Å². The summed E-state index contributed by atoms with van der Waals surface area (Å²) in [5.41, 5.74) is 2.46. The van der Waals surface area contributed by atoms with Gasteiger partial charge in [-0.25, -0.2) is 0 Å². The van der Waals surface area contributed by atoms with E-state index in [0.29, 0.717) is 12.1 Å². The molecule has 4 rings (SSSR count). The average Bonchev–Trinajstić information content (AvgIpc) is 2.94. The number of hydrogen-bond acceptors (Lipinski definition) is 5. The number of hydrogen-bond donors (Lipinski definition) is 0. The van der Waals surface area contributed by atoms with Gasteiger partial charge in [0.15, 0.2) is 5.82 Å². The van der Waals surface area contributed by atoms with Gasteiger partial charge >= 0.3 is 0 Å². The second kappa shape index (κ2) is 7.07. The Kier molecular flexibility index (Phi) is 4.48. The molecule has 1 aromatic carbocycles. The van der Waals surface area contributed by atoms with Crippen molar-refractivity contribution in [2.24, 2.45) is 0 Å². The van der Waals surface area contributed by atoms with Crippen LogP contribution in [-0.4, -0.2) is 52.2 Å². The molecule has 0 N–H and O–H groups in total. The van der Waals surface area contributed by atoms with E-state index in [9.17, 15) is 4.79 Å². The second-order valence-electron chi connectivity index (χ2n) is 6.58. The number of amides is 1. The summed E-state index contributed by atoms with van der Waals surface area (Å²) in [6.07, 6.45) is 2.58. The first-order valence-corrected chi connectivity index (χ1v) is 8.90. The van der Waals surface area contributed by atoms with Crippen LogP contribution in [0.5, 0.6) is 0 Å². The highest BCUT2D eigenvalue weighted by Crippen LogP contribution is 2.17. The van der Waals surface area contributed by atoms with E-state index < -0.39 is 0 Å². The van der Waals surface area contributed by atoms with Crippen molar-refractivity contribution in [3.8, 4) is 0 Å². The predicted octanol–water partition coefficient (Wildman–Crippen LogP) is 2.69. The van der Waals surface area contributed by atoms with E-state index in [1.807, 2.05) is 54.3 Å². The largest absolute Gasteiger partial charge is 0.353 e. The molecule has 6 heteroatoms. The van der Waals surface area contributed by atoms with Gasteiger partial charge in [0.1, 0.15) is 0 Å². The van der Waals surface area contributed by atoms with Crippen LogP contribution >= 0.6 is 0 Å². The number of anilines is 1. The van der Waals surface area contributed by atoms with E-state index >= 15 is 0 Å². The van der Waals surface area contributed by atoms with Gasteiger partial charge in [-0.15, -0.1) is 5.10 Å². The Morgan fingerprint density at radius 2 is 1.88 bits per heavy atom. The lowest BCUT2D eigenvalue weighted by Crippen LogP contribution is -2.35. The quantitative estimate of drug-likeness (QED) is 0.713. The number of nitrogens with zero attached hydrogens (tertiary/aromatic N) is 5. The highest BCUT2D eigenvalue weighted by molar-refractivity contribution is 5.97. The van der Waals surface area contributed by atoms with Crippen molar-refractivity contribution >= 4 is 22.6 Å². The van der Waals surface area contributed by atoms with Crippen LogP contribution in [0.3, 0.4) is 0 Å². The number of fused-ring (bicyclic) bond motifs is 1. The van der Waals surface area contributed by atoms with E-state index in [2.05, 4.69) is 20.1 Å². The van der Waals surface area contributed by atoms with E-state index in [1.54, 1.807) is 6.20 Å². The number of benzene rings is 1. The zero-order valence-corrected chi connectivity index (χ0v) is 14.8. The van der Waals surface area contributed by atoms with Crippen molar-refractivity contribution in [2.75, 3.05) is 31.1 Å². The van der Waals surface area contributed by atoms with E-state index in [0.717, 1.165) is 48.5 Å². The van der Waals surface area contributed by atoms with Gasteiger partial charge < -0.3 is 9.80 Å². The molecule has 0 saturated carbocycles. The molecule has 6 nitrogen and oxygen atoms in total. The van der Waals surface area contributed by atoms with Crippen molar-refractivity contribution in [3.05, 3.63) is 59.9 Å². The van der Waals surface area contributed by atoms with Crippen molar-refractivity contribution in [3.63, 3.8) is 0 Å². The summed E-state index contributed by atoms with van der Waals surface area (Å²) in [6, 6.07) is 13.7. The first kappa shape index (κ1) is 16.4. The molecule has 1 saturated heterocycles. The van der Waals surface area contributed by atoms with E-state index in [1.165, 1.54) is 0 Å². The molecule has 1 amide bonds. The van der Waals surface area contributed by atoms with Crippen molar-refractivity contribution in [1.82, 2.24) is 20.1 Å². The Morgan fingerprint density at radius 3 is 2.73 bits per heavy atom. The van der Waals surface area contributed by atoms with Gasteiger partial charge in [0.05, 0.1) is 16.8 Å². The molecule has 1 fully saturated rings. The Bertz CT molecular complexity index is 925. The van der Waals surface area contributed by atoms with Crippen molar-refractivity contribution in [1.29, 1.82) is 0 Å². The molecule has 1 aliphatic heterocycles. The molecule has 0 spiro atoms. The number of para-hydroxylation sites is 1. The topological polar surface area (TPSA) is 62.2 Å². The monoisotopic (exact) mass is 347 g/mol. The number of carbonyl (C=O) groups is 1. The molecule has 0 atom stereocenters. The summed E-state index contributed by atoms with van der Waals surface area (Å²) in [6.45, 7) is 4.96. The number of carbonyl (C=O) groups excluding carboxylic acids is 1. The third kappa shape index (κ3) is 3.35. The second-order valence-corrected chi connectivity index (χ2v) is 6.58. The average molecular weight is 347 g/mol. The molecule has 3 aromatic rings. The van der Waals surface area contributed by atoms with Crippen LogP contribution < -0.4 is 4.90 Å². The first-order chi connectivity index (χ1) is 12.7. The Morgan fingerprint density at radius 1 is 1.00 bits per heavy atom. The molecule has 26 heavy (non-hydrogen) atoms. The highest BCUT2D eigenvalue weighted by Gasteiger charge is 2.21. The fourth-order valence-corrected chi connectivity index (χ4v) is 3.28. The van der Waals surface area contributed by atoms with Gasteiger partial charge in [-0.1, -0.05) is 18.2 Å². The van der Waals surface area contributed by atoms with Gasteiger partial charge in [0.2, 0.25) is 0 Å². The third-order valence-corrected chi connectivity index (χ3v) is 4.73. The summed E-state index contributed by atoms with van der Waals surface area (Å²) in [5, 5.41) is 9.39. The summed E-state index contributed by atoms with van der Waals surface area (Å²) < 4.78 is 0. The van der Waals surface area contributed by atoms with Gasteiger partial charge in [0, 0.05) is 37.8 Å². The number of aryl methyl sites for hydroxylation is 1. The minimum absolute atomic E-state index is 0.0418. The maximum atomic E-state index is 12.9. The summed E-state index contributed by atoms with van der Waals surface area (Å²) in [7, 11) is 0. The fraction of sp³-hybridized carbons (Fsp3) is 0.300. The molecule has 0 aliphatic carbocycles. The molecular formula is C20H21N5O. The highest BCUT2D eigenvalue weighted by atomic mass is 16.2. The first-order valence-electron chi connectivity index (χ1n) is 8.90. The molecule has 0 bridgehead atoms. The number of aromatic nitrogens is 3. The maximum Gasteiger partial charge on any atom is 0.255 e. The molecular weight excluding hydrogens is 326 g/mol. The van der Waals surface area contributed by atoms with E-state index in [4.69, 9.17) is 0 Å². The molecule has 1 aliphatic rings. The Labute approximate surface area is 152 Å². The Balaban J connectivity index is 1.49. The fourth-order valence-electron chi connectivity index (χ4n) is 3.28. The predicted molar refractivity (Wildman–Crippen MR) is 101 cm³/mol. The summed E-state index contributed by atoms with van der Waals surface area (Å²) in [5.74, 6) is 0.914. The van der Waals surface area contributed by atoms with Crippen LogP contribution in [0, 0.1) is 6.92 Å². The zero-order chi connectivity index (χ0) is 17.9. The van der Waals surface area contributed by atoms with Crippen LogP contribution in [0.2, 0.25) is 0 Å². The minimum Gasteiger partial charge on any atom is -0.353 e. The minimum atomic E-state index is 0.0418. The summed E-state index contributed by atoms with van der Waals surface area (Å²) >= 11 is 0. The maximum absolute atomic E-state index is 12.9. The standard InChI is InChI=1S/C20H21N5O/c1-15-7-8-19(23-22-15)24-9-4-10-25(12-11-24)20(26)17-13-16-5-2-3-6-18(16)21-14-17/h2-3,5-8,13-14H,4,9-12H2,1H3. The van der Waals surface area contributed by atoms with E-state index in [-0.39, 0.29) is 5.91 Å². The van der Waals surface area contributed by atoms with Gasteiger partial charge in [-0.05, 0) is 37.6 Å². The number of pyridine rings is 1. The lowest BCUT2D eigenvalue weighted by Gasteiger charge is -2.22. The molecule has 2 aromatic heterocycles. The van der Waals surface area contributed by atoms with Crippen LogP contribution in [-0.2, 0) is 0 Å². The lowest BCUT2D eigenvalue weighted by molar-refractivity contribution is 0.0767. The molecule has 3 heterocycles. The smallest absolute Gasteiger partial charge is 0.255 e. The summed E-state index contributed by atoms with van der Waals surface area (Å²) in [4.78, 5) is 21.4. The molecule has 0 radical (unpaired) electrons. The van der Waals surface area contributed by atoms with Gasteiger partial charge in [-0.2, -0.15) is 5.10 Å². The van der Waals surface area contributed by atoms with Crippen LogP contribution in [0.4, 0.5) is 5.82 Å². The van der Waals surface area contributed by atoms with Crippen LogP contribution in [0.15, 0.2) is 48.7 Å². The van der Waals surface area contributed by atoms with Gasteiger partial charge in [-0.3, -0.25) is 9.78 Å². The van der Waals surface area contributed by atoms with Crippen LogP contribution in [0.1, 0.15) is 22.5 Å². The number of rotatable bonds is 2. The zero-order valence-electron chi connectivity index (χ0n) is 14.8. The SMILES string of the molecule is Cc1ccc(N2CCCN(C(=O)c3cnc4ccccc4c3)CC2)nn1. The lowest BCUT2D eigenvalue weighted by atomic mass is 10.1. The Hall–Kier alpha value is -3.02. The molecule has 0 unspecified atom stereocenters. The normalized spacial score (nSPS) is 15.1. The molecule has 132 valence electrons. The van der Waals surface area contributed by atoms with Gasteiger partial charge in [0.25, 0.3) is 5.91 Å².